The molecule has 124 valence electrons. The maximum atomic E-state index is 12.4. The van der Waals surface area contributed by atoms with E-state index in [1.165, 1.54) is 7.11 Å². The van der Waals surface area contributed by atoms with Crippen molar-refractivity contribution in [2.24, 2.45) is 0 Å². The third-order valence-electron chi connectivity index (χ3n) is 3.29. The van der Waals surface area contributed by atoms with Crippen molar-refractivity contribution in [3.63, 3.8) is 0 Å². The molecule has 3 rings (SSSR count). The van der Waals surface area contributed by atoms with E-state index in [1.54, 1.807) is 29.1 Å². The van der Waals surface area contributed by atoms with Crippen molar-refractivity contribution < 1.29 is 18.3 Å². The highest BCUT2D eigenvalue weighted by atomic mass is 19.3. The molecule has 24 heavy (non-hydrogen) atoms. The fraction of sp³-hybridized carbons (Fsp3) is 0.176. The third-order valence-corrected chi connectivity index (χ3v) is 3.29. The number of halogens is 2. The number of pyridine rings is 1. The lowest BCUT2D eigenvalue weighted by Crippen LogP contribution is -2.07. The van der Waals surface area contributed by atoms with Gasteiger partial charge in [-0.3, -0.25) is 0 Å². The Kier molecular flexibility index (Phi) is 4.69. The minimum atomic E-state index is -2.56. The van der Waals surface area contributed by atoms with Crippen LogP contribution in [0.1, 0.15) is 0 Å². The second kappa shape index (κ2) is 7.08. The first kappa shape index (κ1) is 15.9. The standard InChI is InChI=1S/C17H15F2N3O2/c1-23-16-8-7-13(10-20-16)22-14(12-5-3-2-4-6-12)9-17(21-22)24-11-15(18)19/h2-10,15H,11H2,1H3. The summed E-state index contributed by atoms with van der Waals surface area (Å²) in [4.78, 5) is 4.15. The van der Waals surface area contributed by atoms with Crippen molar-refractivity contribution in [2.45, 2.75) is 6.43 Å². The van der Waals surface area contributed by atoms with Crippen LogP contribution in [0, 0.1) is 0 Å². The molecule has 0 amide bonds. The zero-order valence-corrected chi connectivity index (χ0v) is 12.9. The minimum absolute atomic E-state index is 0.130. The fourth-order valence-corrected chi connectivity index (χ4v) is 2.21. The summed E-state index contributed by atoms with van der Waals surface area (Å²) in [5.41, 5.74) is 2.26. The van der Waals surface area contributed by atoms with Crippen molar-refractivity contribution in [3.05, 3.63) is 54.7 Å². The van der Waals surface area contributed by atoms with Crippen LogP contribution in [0.3, 0.4) is 0 Å². The average Bonchev–Trinajstić information content (AvgIpc) is 3.05. The van der Waals surface area contributed by atoms with Gasteiger partial charge in [0, 0.05) is 17.7 Å². The predicted molar refractivity (Wildman–Crippen MR) is 84.8 cm³/mol. The van der Waals surface area contributed by atoms with Gasteiger partial charge in [-0.15, -0.1) is 5.10 Å². The molecule has 0 aliphatic carbocycles. The van der Waals surface area contributed by atoms with Gasteiger partial charge >= 0.3 is 0 Å². The third kappa shape index (κ3) is 3.51. The maximum Gasteiger partial charge on any atom is 0.272 e. The van der Waals surface area contributed by atoms with Crippen molar-refractivity contribution in [2.75, 3.05) is 13.7 Å². The van der Waals surface area contributed by atoms with Gasteiger partial charge in [-0.05, 0) is 6.07 Å². The molecule has 0 radical (unpaired) electrons. The zero-order chi connectivity index (χ0) is 16.9. The summed E-state index contributed by atoms with van der Waals surface area (Å²) in [5.74, 6) is 0.603. The summed E-state index contributed by atoms with van der Waals surface area (Å²) in [6.45, 7) is -0.702. The van der Waals surface area contributed by atoms with E-state index in [0.717, 1.165) is 5.56 Å². The molecule has 5 nitrogen and oxygen atoms in total. The van der Waals surface area contributed by atoms with Crippen LogP contribution in [0.4, 0.5) is 8.78 Å². The zero-order valence-electron chi connectivity index (χ0n) is 12.9. The largest absolute Gasteiger partial charge is 0.481 e. The van der Waals surface area contributed by atoms with E-state index < -0.39 is 13.0 Å². The first-order valence-corrected chi connectivity index (χ1v) is 7.24. The van der Waals surface area contributed by atoms with Crippen molar-refractivity contribution in [3.8, 4) is 28.7 Å². The summed E-state index contributed by atoms with van der Waals surface area (Å²) in [6, 6.07) is 14.6. The number of nitrogens with zero attached hydrogens (tertiary/aromatic N) is 3. The van der Waals surface area contributed by atoms with Gasteiger partial charge in [0.15, 0.2) is 6.61 Å². The Morgan fingerprint density at radius 3 is 2.50 bits per heavy atom. The van der Waals surface area contributed by atoms with E-state index in [1.807, 2.05) is 30.3 Å². The molecular weight excluding hydrogens is 316 g/mol. The Morgan fingerprint density at radius 2 is 1.88 bits per heavy atom. The van der Waals surface area contributed by atoms with Crippen molar-refractivity contribution >= 4 is 0 Å². The molecule has 0 aliphatic rings. The van der Waals surface area contributed by atoms with Gasteiger partial charge in [0.1, 0.15) is 0 Å². The molecule has 0 N–H and O–H groups in total. The van der Waals surface area contributed by atoms with Crippen molar-refractivity contribution in [1.82, 2.24) is 14.8 Å². The molecule has 3 aromatic rings. The number of rotatable bonds is 6. The molecule has 0 fully saturated rings. The summed E-state index contributed by atoms with van der Waals surface area (Å²) in [7, 11) is 1.53. The van der Waals surface area contributed by atoms with E-state index in [0.29, 0.717) is 17.3 Å². The van der Waals surface area contributed by atoms with Crippen LogP contribution in [0.25, 0.3) is 16.9 Å². The lowest BCUT2D eigenvalue weighted by Gasteiger charge is -2.07. The normalized spacial score (nSPS) is 10.8. The smallest absolute Gasteiger partial charge is 0.272 e. The highest BCUT2D eigenvalue weighted by molar-refractivity contribution is 5.63. The molecule has 2 heterocycles. The molecule has 7 heteroatoms. The summed E-state index contributed by atoms with van der Waals surface area (Å²) < 4.78 is 36.4. The molecule has 0 aliphatic heterocycles. The number of hydrogen-bond acceptors (Lipinski definition) is 4. The molecule has 0 bridgehead atoms. The van der Waals surface area contributed by atoms with Crippen LogP contribution in [-0.4, -0.2) is 34.9 Å². The molecule has 2 aromatic heterocycles. The Balaban J connectivity index is 2.01. The average molecular weight is 331 g/mol. The minimum Gasteiger partial charge on any atom is -0.481 e. The lowest BCUT2D eigenvalue weighted by molar-refractivity contribution is 0.0794. The van der Waals surface area contributed by atoms with Gasteiger partial charge in [0.2, 0.25) is 11.8 Å². The first-order chi connectivity index (χ1) is 11.7. The van der Waals surface area contributed by atoms with Gasteiger partial charge in [-0.25, -0.2) is 18.4 Å². The molecule has 1 aromatic carbocycles. The Bertz CT molecular complexity index is 789. The number of hydrogen-bond donors (Lipinski definition) is 0. The molecule has 0 unspecified atom stereocenters. The highest BCUT2D eigenvalue weighted by Gasteiger charge is 2.14. The Morgan fingerprint density at radius 1 is 1.08 bits per heavy atom. The molecule has 0 saturated carbocycles. The predicted octanol–water partition coefficient (Wildman–Crippen LogP) is 3.59. The topological polar surface area (TPSA) is 49.2 Å². The van der Waals surface area contributed by atoms with Gasteiger partial charge in [0.25, 0.3) is 6.43 Å². The van der Waals surface area contributed by atoms with E-state index in [2.05, 4.69) is 10.1 Å². The summed E-state index contributed by atoms with van der Waals surface area (Å²) >= 11 is 0. The quantitative estimate of drug-likeness (QED) is 0.693. The summed E-state index contributed by atoms with van der Waals surface area (Å²) in [6.07, 6.45) is -0.965. The SMILES string of the molecule is COc1ccc(-n2nc(OCC(F)F)cc2-c2ccccc2)cn1. The maximum absolute atomic E-state index is 12.4. The second-order valence-corrected chi connectivity index (χ2v) is 4.91. The molecule has 0 atom stereocenters. The highest BCUT2D eigenvalue weighted by Crippen LogP contribution is 2.27. The van der Waals surface area contributed by atoms with Gasteiger partial charge in [-0.1, -0.05) is 30.3 Å². The van der Waals surface area contributed by atoms with Gasteiger partial charge in [-0.2, -0.15) is 0 Å². The number of benzene rings is 1. The number of aromatic nitrogens is 3. The Hall–Kier alpha value is -2.96. The fourth-order valence-electron chi connectivity index (χ4n) is 2.21. The number of alkyl halides is 2. The first-order valence-electron chi connectivity index (χ1n) is 7.24. The summed E-state index contributed by atoms with van der Waals surface area (Å²) in [5, 5.41) is 4.26. The molecular formula is C17H15F2N3O2. The van der Waals surface area contributed by atoms with E-state index in [9.17, 15) is 8.78 Å². The number of ether oxygens (including phenoxy) is 2. The monoisotopic (exact) mass is 331 g/mol. The second-order valence-electron chi connectivity index (χ2n) is 4.91. The van der Waals surface area contributed by atoms with E-state index in [4.69, 9.17) is 9.47 Å². The van der Waals surface area contributed by atoms with E-state index >= 15 is 0 Å². The van der Waals surface area contributed by atoms with Gasteiger partial charge in [0.05, 0.1) is 24.7 Å². The van der Waals surface area contributed by atoms with Crippen LogP contribution in [-0.2, 0) is 0 Å². The molecule has 0 saturated heterocycles. The van der Waals surface area contributed by atoms with Crippen molar-refractivity contribution in [1.29, 1.82) is 0 Å². The van der Waals surface area contributed by atoms with Crippen LogP contribution >= 0.6 is 0 Å². The lowest BCUT2D eigenvalue weighted by atomic mass is 10.1. The van der Waals surface area contributed by atoms with Crippen LogP contribution < -0.4 is 9.47 Å². The Labute approximate surface area is 137 Å². The number of methoxy groups -OCH3 is 1. The van der Waals surface area contributed by atoms with Crippen LogP contribution in [0.2, 0.25) is 0 Å². The molecule has 0 spiro atoms. The van der Waals surface area contributed by atoms with E-state index in [-0.39, 0.29) is 5.88 Å². The van der Waals surface area contributed by atoms with Crippen LogP contribution in [0.5, 0.6) is 11.8 Å². The van der Waals surface area contributed by atoms with Gasteiger partial charge < -0.3 is 9.47 Å². The van der Waals surface area contributed by atoms with Crippen LogP contribution in [0.15, 0.2) is 54.7 Å².